The fourth-order valence-electron chi connectivity index (χ4n) is 1.71. The summed E-state index contributed by atoms with van der Waals surface area (Å²) >= 11 is 0. The van der Waals surface area contributed by atoms with Gasteiger partial charge in [0.1, 0.15) is 5.52 Å². The summed E-state index contributed by atoms with van der Waals surface area (Å²) in [5.41, 5.74) is 1.28. The van der Waals surface area contributed by atoms with Gasteiger partial charge in [-0.1, -0.05) is 0 Å². The number of methoxy groups -OCH3 is 1. The highest BCUT2D eigenvalue weighted by molar-refractivity contribution is 5.83. The molecule has 0 bridgehead atoms. The largest absolute Gasteiger partial charge is 0.394 e. The van der Waals surface area contributed by atoms with Crippen molar-refractivity contribution in [2.24, 2.45) is 0 Å². The number of hydrogen-bond donors (Lipinski definition) is 4. The van der Waals surface area contributed by atoms with Gasteiger partial charge in [0.15, 0.2) is 11.5 Å². The minimum Gasteiger partial charge on any atom is -0.394 e. The number of imidazole rings is 1. The Balaban J connectivity index is 2.31. The van der Waals surface area contributed by atoms with Crippen LogP contribution >= 0.6 is 0 Å². The van der Waals surface area contributed by atoms with Gasteiger partial charge >= 0.3 is 0 Å². The number of H-pyrrole nitrogens is 1. The van der Waals surface area contributed by atoms with Gasteiger partial charge in [0.2, 0.25) is 5.95 Å². The third-order valence-corrected chi connectivity index (χ3v) is 2.55. The molecule has 0 aliphatic heterocycles. The Hall–Kier alpha value is -1.93. The molecule has 1 unspecified atom stereocenters. The monoisotopic (exact) mass is 266 g/mol. The van der Waals surface area contributed by atoms with Crippen LogP contribution in [0, 0.1) is 0 Å². The lowest BCUT2D eigenvalue weighted by Gasteiger charge is -2.16. The molecule has 0 aliphatic rings. The van der Waals surface area contributed by atoms with E-state index in [-0.39, 0.29) is 12.6 Å². The molecule has 2 aromatic heterocycles. The number of hydrogen-bond acceptors (Lipinski definition) is 7. The highest BCUT2D eigenvalue weighted by atomic mass is 16.5. The smallest absolute Gasteiger partial charge is 0.226 e. The standard InChI is InChI=1S/C11H18N6O2/c1-3-12-11-16-9-8(13-6-14-9)10(17-11)15-7(4-18)5-19-2/h6-7,18H,3-5H2,1-2H3,(H3,12,13,14,15,16,17). The van der Waals surface area contributed by atoms with Crippen molar-refractivity contribution in [2.75, 3.05) is 37.5 Å². The number of aromatic nitrogens is 4. The second-order valence-electron chi connectivity index (χ2n) is 4.01. The lowest BCUT2D eigenvalue weighted by atomic mass is 10.3. The van der Waals surface area contributed by atoms with E-state index in [2.05, 4.69) is 30.6 Å². The Morgan fingerprint density at radius 1 is 1.47 bits per heavy atom. The zero-order chi connectivity index (χ0) is 13.7. The van der Waals surface area contributed by atoms with Crippen molar-refractivity contribution >= 4 is 22.9 Å². The highest BCUT2D eigenvalue weighted by Crippen LogP contribution is 2.19. The summed E-state index contributed by atoms with van der Waals surface area (Å²) in [6, 6.07) is -0.235. The van der Waals surface area contributed by atoms with Crippen LogP contribution in [0.1, 0.15) is 6.92 Å². The predicted octanol–water partition coefficient (Wildman–Crippen LogP) is 0.204. The number of fused-ring (bicyclic) bond motifs is 1. The molecular formula is C11H18N6O2. The summed E-state index contributed by atoms with van der Waals surface area (Å²) in [5, 5.41) is 15.4. The zero-order valence-electron chi connectivity index (χ0n) is 11.0. The van der Waals surface area contributed by atoms with E-state index in [9.17, 15) is 5.11 Å². The van der Waals surface area contributed by atoms with Crippen LogP contribution < -0.4 is 10.6 Å². The number of aliphatic hydroxyl groups excluding tert-OH is 1. The van der Waals surface area contributed by atoms with Crippen molar-refractivity contribution in [1.82, 2.24) is 19.9 Å². The van der Waals surface area contributed by atoms with Crippen LogP contribution in [-0.4, -0.2) is 58.0 Å². The third-order valence-electron chi connectivity index (χ3n) is 2.55. The van der Waals surface area contributed by atoms with E-state index in [1.54, 1.807) is 13.4 Å². The maximum atomic E-state index is 9.29. The molecule has 2 aromatic rings. The zero-order valence-corrected chi connectivity index (χ0v) is 11.0. The number of aliphatic hydroxyl groups is 1. The van der Waals surface area contributed by atoms with E-state index in [0.29, 0.717) is 29.5 Å². The molecule has 104 valence electrons. The molecule has 2 heterocycles. The molecule has 0 amide bonds. The Labute approximate surface area is 110 Å². The van der Waals surface area contributed by atoms with Crippen molar-refractivity contribution < 1.29 is 9.84 Å². The van der Waals surface area contributed by atoms with Crippen LogP contribution in [0.2, 0.25) is 0 Å². The quantitative estimate of drug-likeness (QED) is 0.567. The topological polar surface area (TPSA) is 108 Å². The number of ether oxygens (including phenoxy) is 1. The minimum atomic E-state index is -0.235. The first-order chi connectivity index (χ1) is 9.28. The molecule has 0 aromatic carbocycles. The normalized spacial score (nSPS) is 12.6. The Bertz CT molecular complexity index is 529. The number of rotatable bonds is 7. The fourth-order valence-corrected chi connectivity index (χ4v) is 1.71. The summed E-state index contributed by atoms with van der Waals surface area (Å²) in [7, 11) is 1.58. The number of nitrogens with zero attached hydrogens (tertiary/aromatic N) is 3. The molecule has 0 radical (unpaired) electrons. The SMILES string of the molecule is CCNc1nc(NC(CO)COC)c2[nH]cnc2n1. The second-order valence-corrected chi connectivity index (χ2v) is 4.01. The summed E-state index contributed by atoms with van der Waals surface area (Å²) in [6.45, 7) is 3.01. The van der Waals surface area contributed by atoms with E-state index in [1.165, 1.54) is 0 Å². The van der Waals surface area contributed by atoms with Gasteiger partial charge in [-0.05, 0) is 6.92 Å². The van der Waals surface area contributed by atoms with Gasteiger partial charge in [-0.2, -0.15) is 9.97 Å². The molecule has 0 aliphatic carbocycles. The summed E-state index contributed by atoms with van der Waals surface area (Å²) in [6.07, 6.45) is 1.56. The van der Waals surface area contributed by atoms with Gasteiger partial charge in [0.25, 0.3) is 0 Å². The fraction of sp³-hybridized carbons (Fsp3) is 0.545. The molecule has 8 heteroatoms. The molecule has 4 N–H and O–H groups in total. The van der Waals surface area contributed by atoms with Crippen molar-refractivity contribution in [2.45, 2.75) is 13.0 Å². The molecule has 0 fully saturated rings. The molecule has 1 atom stereocenters. The summed E-state index contributed by atoms with van der Waals surface area (Å²) in [4.78, 5) is 15.7. The average Bonchev–Trinajstić information content (AvgIpc) is 2.87. The molecule has 0 saturated heterocycles. The van der Waals surface area contributed by atoms with Crippen molar-refractivity contribution in [3.63, 3.8) is 0 Å². The Kier molecular flexibility index (Phi) is 4.48. The first-order valence-electron chi connectivity index (χ1n) is 6.09. The van der Waals surface area contributed by atoms with Gasteiger partial charge in [-0.15, -0.1) is 0 Å². The second kappa shape index (κ2) is 6.30. The van der Waals surface area contributed by atoms with Crippen LogP contribution in [0.25, 0.3) is 11.2 Å². The van der Waals surface area contributed by atoms with E-state index in [4.69, 9.17) is 4.74 Å². The summed E-state index contributed by atoms with van der Waals surface area (Å²) < 4.78 is 5.03. The van der Waals surface area contributed by atoms with E-state index in [0.717, 1.165) is 6.54 Å². The van der Waals surface area contributed by atoms with E-state index < -0.39 is 0 Å². The van der Waals surface area contributed by atoms with Crippen molar-refractivity contribution in [3.8, 4) is 0 Å². The molecule has 8 nitrogen and oxygen atoms in total. The van der Waals surface area contributed by atoms with Gasteiger partial charge in [-0.25, -0.2) is 4.98 Å². The van der Waals surface area contributed by atoms with Crippen LogP contribution in [0.5, 0.6) is 0 Å². The predicted molar refractivity (Wildman–Crippen MR) is 72.2 cm³/mol. The van der Waals surface area contributed by atoms with Crippen molar-refractivity contribution in [1.29, 1.82) is 0 Å². The Morgan fingerprint density at radius 2 is 2.32 bits per heavy atom. The highest BCUT2D eigenvalue weighted by Gasteiger charge is 2.13. The van der Waals surface area contributed by atoms with Gasteiger partial charge in [0.05, 0.1) is 25.6 Å². The first-order valence-corrected chi connectivity index (χ1v) is 6.09. The van der Waals surface area contributed by atoms with Gasteiger partial charge in [-0.3, -0.25) is 0 Å². The average molecular weight is 266 g/mol. The van der Waals surface area contributed by atoms with Crippen LogP contribution in [0.15, 0.2) is 6.33 Å². The van der Waals surface area contributed by atoms with Crippen LogP contribution in [-0.2, 0) is 4.74 Å². The molecule has 2 rings (SSSR count). The maximum Gasteiger partial charge on any atom is 0.226 e. The van der Waals surface area contributed by atoms with Crippen LogP contribution in [0.4, 0.5) is 11.8 Å². The molecule has 0 spiro atoms. The third kappa shape index (κ3) is 3.09. The molecule has 0 saturated carbocycles. The van der Waals surface area contributed by atoms with E-state index in [1.807, 2.05) is 6.92 Å². The lowest BCUT2D eigenvalue weighted by molar-refractivity contribution is 0.153. The van der Waals surface area contributed by atoms with Gasteiger partial charge in [0, 0.05) is 13.7 Å². The van der Waals surface area contributed by atoms with Gasteiger partial charge < -0.3 is 25.5 Å². The molecule has 19 heavy (non-hydrogen) atoms. The number of anilines is 2. The lowest BCUT2D eigenvalue weighted by Crippen LogP contribution is -2.29. The van der Waals surface area contributed by atoms with Crippen molar-refractivity contribution in [3.05, 3.63) is 6.33 Å². The Morgan fingerprint density at radius 3 is 3.00 bits per heavy atom. The molecular weight excluding hydrogens is 248 g/mol. The maximum absolute atomic E-state index is 9.29. The number of aromatic amines is 1. The summed E-state index contributed by atoms with van der Waals surface area (Å²) in [5.74, 6) is 1.09. The van der Waals surface area contributed by atoms with Crippen LogP contribution in [0.3, 0.4) is 0 Å². The number of nitrogens with one attached hydrogen (secondary N) is 3. The minimum absolute atomic E-state index is 0.0516. The first kappa shape index (κ1) is 13.5. The van der Waals surface area contributed by atoms with E-state index >= 15 is 0 Å².